The quantitative estimate of drug-likeness (QED) is 0.467. The van der Waals surface area contributed by atoms with Crippen molar-refractivity contribution in [2.24, 2.45) is 0 Å². The van der Waals surface area contributed by atoms with Crippen molar-refractivity contribution in [1.29, 1.82) is 0 Å². The molecule has 3 aromatic rings. The highest BCUT2D eigenvalue weighted by Crippen LogP contribution is 2.47. The Morgan fingerprint density at radius 1 is 1.17 bits per heavy atom. The molecule has 0 aliphatic carbocycles. The lowest BCUT2D eigenvalue weighted by molar-refractivity contribution is -0.116. The molecule has 0 saturated carbocycles. The zero-order chi connectivity index (χ0) is 21.1. The molecule has 4 nitrogen and oxygen atoms in total. The largest absolute Gasteiger partial charge is 0.490 e. The van der Waals surface area contributed by atoms with Crippen LogP contribution in [0, 0.1) is 6.92 Å². The lowest BCUT2D eigenvalue weighted by Gasteiger charge is -2.25. The number of carbonyl (C=O) groups excluding carboxylic acids is 1. The summed E-state index contributed by atoms with van der Waals surface area (Å²) in [7, 11) is 0. The standard InChI is InChI=1S/C25H25NO3S/c1-4-12-29-21-11-10-18(13-22(21)28-5-2)19-14-23(27)26-24-20(15-30-25(19)24)17-8-6-16(3)7-9-17/h4,6-11,13,15,19H,1,5,12,14H2,2-3H3,(H,26,27)/t19-/m0/s1. The van der Waals surface area contributed by atoms with Gasteiger partial charge in [-0.15, -0.1) is 11.3 Å². The number of thiophene rings is 1. The molecule has 0 spiro atoms. The van der Waals surface area contributed by atoms with Crippen molar-refractivity contribution < 1.29 is 14.3 Å². The second kappa shape index (κ2) is 8.76. The lowest BCUT2D eigenvalue weighted by atomic mass is 9.89. The van der Waals surface area contributed by atoms with Crippen LogP contribution < -0.4 is 14.8 Å². The van der Waals surface area contributed by atoms with E-state index in [-0.39, 0.29) is 11.8 Å². The first-order valence-corrected chi connectivity index (χ1v) is 11.0. The maximum absolute atomic E-state index is 12.6. The normalized spacial score (nSPS) is 15.3. The molecule has 0 unspecified atom stereocenters. The Balaban J connectivity index is 1.73. The van der Waals surface area contributed by atoms with Gasteiger partial charge in [0.05, 0.1) is 12.3 Å². The molecule has 1 aromatic heterocycles. The number of nitrogens with one attached hydrogen (secondary N) is 1. The van der Waals surface area contributed by atoms with Crippen molar-refractivity contribution in [1.82, 2.24) is 0 Å². The number of anilines is 1. The Bertz CT molecular complexity index is 1070. The van der Waals surface area contributed by atoms with Gasteiger partial charge in [-0.05, 0) is 37.1 Å². The van der Waals surface area contributed by atoms with Crippen LogP contribution >= 0.6 is 11.3 Å². The number of benzene rings is 2. The zero-order valence-electron chi connectivity index (χ0n) is 17.2. The molecule has 4 rings (SSSR count). The summed E-state index contributed by atoms with van der Waals surface area (Å²) < 4.78 is 11.5. The minimum atomic E-state index is -0.00870. The minimum absolute atomic E-state index is 0.00870. The van der Waals surface area contributed by atoms with Crippen LogP contribution in [0.1, 0.15) is 35.3 Å². The third kappa shape index (κ3) is 3.98. The first-order chi connectivity index (χ1) is 14.6. The van der Waals surface area contributed by atoms with Gasteiger partial charge in [0, 0.05) is 28.2 Å². The summed E-state index contributed by atoms with van der Waals surface area (Å²) >= 11 is 1.69. The maximum Gasteiger partial charge on any atom is 0.225 e. The topological polar surface area (TPSA) is 47.6 Å². The van der Waals surface area contributed by atoms with Crippen LogP contribution in [-0.4, -0.2) is 19.1 Å². The van der Waals surface area contributed by atoms with E-state index in [4.69, 9.17) is 9.47 Å². The van der Waals surface area contributed by atoms with Crippen molar-refractivity contribution in [2.45, 2.75) is 26.2 Å². The van der Waals surface area contributed by atoms with E-state index in [1.807, 2.05) is 25.1 Å². The SMILES string of the molecule is C=CCOc1ccc([C@@H]2CC(=O)Nc3c(-c4ccc(C)cc4)csc32)cc1OCC. The van der Waals surface area contributed by atoms with Crippen LogP contribution in [0.15, 0.2) is 60.5 Å². The number of fused-ring (bicyclic) bond motifs is 1. The molecule has 0 bridgehead atoms. The van der Waals surface area contributed by atoms with Crippen LogP contribution in [0.25, 0.3) is 11.1 Å². The molecular formula is C25H25NO3S. The molecule has 1 aliphatic heterocycles. The monoisotopic (exact) mass is 419 g/mol. The van der Waals surface area contributed by atoms with Gasteiger partial charge in [0.1, 0.15) is 6.61 Å². The number of aryl methyl sites for hydroxylation is 1. The highest BCUT2D eigenvalue weighted by atomic mass is 32.1. The van der Waals surface area contributed by atoms with E-state index in [1.165, 1.54) is 10.4 Å². The first kappa shape index (κ1) is 20.2. The highest BCUT2D eigenvalue weighted by Gasteiger charge is 2.31. The molecule has 1 aliphatic rings. The van der Waals surface area contributed by atoms with E-state index >= 15 is 0 Å². The van der Waals surface area contributed by atoms with Gasteiger partial charge in [0.15, 0.2) is 11.5 Å². The van der Waals surface area contributed by atoms with Crippen molar-refractivity contribution in [2.75, 3.05) is 18.5 Å². The molecule has 1 atom stereocenters. The molecule has 0 radical (unpaired) electrons. The van der Waals surface area contributed by atoms with Crippen LogP contribution in [0.2, 0.25) is 0 Å². The van der Waals surface area contributed by atoms with Gasteiger partial charge in [0.2, 0.25) is 5.91 Å². The summed E-state index contributed by atoms with van der Waals surface area (Å²) in [5, 5.41) is 5.24. The van der Waals surface area contributed by atoms with Gasteiger partial charge in [0.25, 0.3) is 0 Å². The molecule has 1 N–H and O–H groups in total. The van der Waals surface area contributed by atoms with Crippen molar-refractivity contribution in [3.8, 4) is 22.6 Å². The molecule has 5 heteroatoms. The summed E-state index contributed by atoms with van der Waals surface area (Å²) in [6.45, 7) is 8.68. The summed E-state index contributed by atoms with van der Waals surface area (Å²) in [6.07, 6.45) is 2.12. The van der Waals surface area contributed by atoms with E-state index in [2.05, 4.69) is 48.5 Å². The fourth-order valence-electron chi connectivity index (χ4n) is 3.72. The number of carbonyl (C=O) groups is 1. The molecular weight excluding hydrogens is 394 g/mol. The summed E-state index contributed by atoms with van der Waals surface area (Å²) in [5.41, 5.74) is 5.38. The number of hydrogen-bond donors (Lipinski definition) is 1. The van der Waals surface area contributed by atoms with Gasteiger partial charge >= 0.3 is 0 Å². The average Bonchev–Trinajstić information content (AvgIpc) is 3.16. The van der Waals surface area contributed by atoms with E-state index in [9.17, 15) is 4.79 Å². The number of ether oxygens (including phenoxy) is 2. The molecule has 0 fully saturated rings. The van der Waals surface area contributed by atoms with E-state index in [0.717, 1.165) is 22.4 Å². The van der Waals surface area contributed by atoms with Crippen molar-refractivity contribution in [3.63, 3.8) is 0 Å². The highest BCUT2D eigenvalue weighted by molar-refractivity contribution is 7.11. The predicted octanol–water partition coefficient (Wildman–Crippen LogP) is 6.16. The molecule has 30 heavy (non-hydrogen) atoms. The average molecular weight is 420 g/mol. The van der Waals surface area contributed by atoms with Crippen LogP contribution in [0.5, 0.6) is 11.5 Å². The molecule has 0 saturated heterocycles. The Hall–Kier alpha value is -3.05. The number of amides is 1. The Kier molecular flexibility index (Phi) is 5.91. The van der Waals surface area contributed by atoms with E-state index in [1.54, 1.807) is 17.4 Å². The van der Waals surface area contributed by atoms with Crippen molar-refractivity contribution in [3.05, 3.63) is 76.5 Å². The van der Waals surface area contributed by atoms with Crippen LogP contribution in [-0.2, 0) is 4.79 Å². The first-order valence-electron chi connectivity index (χ1n) is 10.1. The number of rotatable bonds is 7. The predicted molar refractivity (Wildman–Crippen MR) is 123 cm³/mol. The Morgan fingerprint density at radius 2 is 1.97 bits per heavy atom. The van der Waals surface area contributed by atoms with Crippen LogP contribution in [0.3, 0.4) is 0 Å². The minimum Gasteiger partial charge on any atom is -0.490 e. The van der Waals surface area contributed by atoms with Crippen molar-refractivity contribution >= 4 is 22.9 Å². The number of hydrogen-bond acceptors (Lipinski definition) is 4. The van der Waals surface area contributed by atoms with Gasteiger partial charge in [-0.3, -0.25) is 4.79 Å². The molecule has 2 heterocycles. The molecule has 1 amide bonds. The fourth-order valence-corrected chi connectivity index (χ4v) is 4.88. The summed E-state index contributed by atoms with van der Waals surface area (Å²) in [5.74, 6) is 1.40. The summed E-state index contributed by atoms with van der Waals surface area (Å²) in [6, 6.07) is 14.3. The molecule has 2 aromatic carbocycles. The Labute approximate surface area is 181 Å². The van der Waals surface area contributed by atoms with E-state index < -0.39 is 0 Å². The second-order valence-corrected chi connectivity index (χ2v) is 8.21. The molecule has 154 valence electrons. The third-order valence-electron chi connectivity index (χ3n) is 5.18. The van der Waals surface area contributed by atoms with Gasteiger partial charge in [-0.1, -0.05) is 48.6 Å². The lowest BCUT2D eigenvalue weighted by Crippen LogP contribution is -2.22. The van der Waals surface area contributed by atoms with E-state index in [0.29, 0.717) is 31.1 Å². The Morgan fingerprint density at radius 3 is 2.70 bits per heavy atom. The third-order valence-corrected chi connectivity index (χ3v) is 6.28. The maximum atomic E-state index is 12.6. The summed E-state index contributed by atoms with van der Waals surface area (Å²) in [4.78, 5) is 13.8. The zero-order valence-corrected chi connectivity index (χ0v) is 18.1. The van der Waals surface area contributed by atoms with Gasteiger partial charge < -0.3 is 14.8 Å². The second-order valence-electron chi connectivity index (χ2n) is 7.30. The van der Waals surface area contributed by atoms with Gasteiger partial charge in [-0.25, -0.2) is 0 Å². The smallest absolute Gasteiger partial charge is 0.225 e. The van der Waals surface area contributed by atoms with Crippen LogP contribution in [0.4, 0.5) is 5.69 Å². The van der Waals surface area contributed by atoms with Gasteiger partial charge in [-0.2, -0.15) is 0 Å². The fraction of sp³-hybridized carbons (Fsp3) is 0.240.